The average molecular weight is 286 g/mol. The molecule has 1 fully saturated rings. The minimum Gasteiger partial charge on any atom is -0.480 e. The van der Waals surface area contributed by atoms with E-state index in [9.17, 15) is 9.59 Å². The van der Waals surface area contributed by atoms with Gasteiger partial charge in [-0.3, -0.25) is 0 Å². The molecule has 1 atom stereocenters. The molecule has 1 saturated carbocycles. The third kappa shape index (κ3) is 5.77. The van der Waals surface area contributed by atoms with Crippen LogP contribution in [0.5, 0.6) is 0 Å². The number of carbonyl (C=O) groups is 2. The summed E-state index contributed by atoms with van der Waals surface area (Å²) in [5, 5.41) is 22.7. The number of rotatable bonds is 7. The molecule has 0 spiro atoms. The van der Waals surface area contributed by atoms with E-state index in [0.29, 0.717) is 12.5 Å². The molecule has 0 heterocycles. The molecule has 1 aliphatic carbocycles. The van der Waals surface area contributed by atoms with Crippen LogP contribution in [0.2, 0.25) is 0 Å². The number of urea groups is 1. The Morgan fingerprint density at radius 1 is 1.20 bits per heavy atom. The highest BCUT2D eigenvalue weighted by atomic mass is 16.4. The van der Waals surface area contributed by atoms with Crippen LogP contribution in [0, 0.1) is 11.8 Å². The van der Waals surface area contributed by atoms with E-state index in [4.69, 9.17) is 10.2 Å². The average Bonchev–Trinajstić information content (AvgIpc) is 2.45. The maximum absolute atomic E-state index is 11.6. The zero-order chi connectivity index (χ0) is 15.0. The van der Waals surface area contributed by atoms with E-state index in [1.54, 1.807) is 0 Å². The second-order valence-corrected chi connectivity index (χ2v) is 5.55. The molecule has 20 heavy (non-hydrogen) atoms. The molecule has 0 aliphatic heterocycles. The van der Waals surface area contributed by atoms with Gasteiger partial charge in [0.15, 0.2) is 0 Å². The van der Waals surface area contributed by atoms with Gasteiger partial charge in [0.2, 0.25) is 0 Å². The van der Waals surface area contributed by atoms with Crippen molar-refractivity contribution in [3.63, 3.8) is 0 Å². The van der Waals surface area contributed by atoms with E-state index >= 15 is 0 Å². The summed E-state index contributed by atoms with van der Waals surface area (Å²) >= 11 is 0. The van der Waals surface area contributed by atoms with Crippen molar-refractivity contribution >= 4 is 12.0 Å². The van der Waals surface area contributed by atoms with Gasteiger partial charge in [-0.15, -0.1) is 0 Å². The molecule has 0 saturated heterocycles. The van der Waals surface area contributed by atoms with Crippen molar-refractivity contribution in [1.82, 2.24) is 10.6 Å². The van der Waals surface area contributed by atoms with Crippen LogP contribution in [-0.2, 0) is 4.79 Å². The molecular formula is C14H26N2O4. The number of hydrogen-bond donors (Lipinski definition) is 4. The highest BCUT2D eigenvalue weighted by Gasteiger charge is 2.22. The van der Waals surface area contributed by atoms with Gasteiger partial charge in [-0.05, 0) is 24.7 Å². The summed E-state index contributed by atoms with van der Waals surface area (Å²) in [6.07, 6.45) is 5.92. The zero-order valence-corrected chi connectivity index (χ0v) is 12.1. The first-order chi connectivity index (χ1) is 9.56. The van der Waals surface area contributed by atoms with E-state index in [1.165, 1.54) is 19.3 Å². The number of amides is 2. The highest BCUT2D eigenvalue weighted by molar-refractivity contribution is 5.82. The van der Waals surface area contributed by atoms with Gasteiger partial charge in [0.05, 0.1) is 0 Å². The summed E-state index contributed by atoms with van der Waals surface area (Å²) in [6.45, 7) is 2.54. The Morgan fingerprint density at radius 2 is 1.80 bits per heavy atom. The van der Waals surface area contributed by atoms with Crippen molar-refractivity contribution in [2.24, 2.45) is 11.8 Å². The summed E-state index contributed by atoms with van der Waals surface area (Å²) in [7, 11) is 0. The standard InChI is InChI=1S/C14H26N2O4/c1-2-10-3-5-11(6-4-10)9-15-14(20)16-12(7-8-17)13(18)19/h10-12,17H,2-9H2,1H3,(H,18,19)(H2,15,16,20). The molecule has 116 valence electrons. The van der Waals surface area contributed by atoms with Crippen LogP contribution in [0.15, 0.2) is 0 Å². The lowest BCUT2D eigenvalue weighted by atomic mass is 9.81. The van der Waals surface area contributed by atoms with Gasteiger partial charge < -0.3 is 20.8 Å². The molecule has 0 bridgehead atoms. The van der Waals surface area contributed by atoms with Crippen LogP contribution in [0.4, 0.5) is 4.79 Å². The van der Waals surface area contributed by atoms with Crippen LogP contribution < -0.4 is 10.6 Å². The largest absolute Gasteiger partial charge is 0.480 e. The molecule has 6 nitrogen and oxygen atoms in total. The van der Waals surface area contributed by atoms with Gasteiger partial charge in [0.1, 0.15) is 6.04 Å². The van der Waals surface area contributed by atoms with Gasteiger partial charge in [0.25, 0.3) is 0 Å². The SMILES string of the molecule is CCC1CCC(CNC(=O)NC(CCO)C(=O)O)CC1. The number of aliphatic hydroxyl groups excluding tert-OH is 1. The topological polar surface area (TPSA) is 98.7 Å². The summed E-state index contributed by atoms with van der Waals surface area (Å²) in [6, 6.07) is -1.50. The smallest absolute Gasteiger partial charge is 0.326 e. The van der Waals surface area contributed by atoms with Crippen molar-refractivity contribution in [3.05, 3.63) is 0 Å². The first kappa shape index (κ1) is 16.8. The summed E-state index contributed by atoms with van der Waals surface area (Å²) in [4.78, 5) is 22.5. The Balaban J connectivity index is 2.24. The van der Waals surface area contributed by atoms with Gasteiger partial charge in [0, 0.05) is 19.6 Å². The normalized spacial score (nSPS) is 23.9. The number of aliphatic carboxylic acids is 1. The van der Waals surface area contributed by atoms with Crippen LogP contribution in [0.25, 0.3) is 0 Å². The molecular weight excluding hydrogens is 260 g/mol. The number of carbonyl (C=O) groups excluding carboxylic acids is 1. The van der Waals surface area contributed by atoms with Crippen molar-refractivity contribution in [2.75, 3.05) is 13.2 Å². The van der Waals surface area contributed by atoms with Gasteiger partial charge in [-0.1, -0.05) is 26.2 Å². The lowest BCUT2D eigenvalue weighted by Gasteiger charge is -2.28. The van der Waals surface area contributed by atoms with Crippen molar-refractivity contribution in [3.8, 4) is 0 Å². The molecule has 0 aromatic heterocycles. The highest BCUT2D eigenvalue weighted by Crippen LogP contribution is 2.29. The molecule has 0 aromatic rings. The first-order valence-electron chi connectivity index (χ1n) is 7.44. The molecule has 0 radical (unpaired) electrons. The van der Waals surface area contributed by atoms with E-state index in [2.05, 4.69) is 17.6 Å². The van der Waals surface area contributed by atoms with Crippen LogP contribution in [-0.4, -0.2) is 41.4 Å². The Kier molecular flexibility index (Phi) is 7.36. The molecule has 4 N–H and O–H groups in total. The number of carboxylic acid groups (broad SMARTS) is 1. The Hall–Kier alpha value is -1.30. The second kappa shape index (κ2) is 8.79. The van der Waals surface area contributed by atoms with E-state index < -0.39 is 18.0 Å². The number of nitrogens with one attached hydrogen (secondary N) is 2. The lowest BCUT2D eigenvalue weighted by molar-refractivity contribution is -0.139. The minimum absolute atomic E-state index is 0.0182. The van der Waals surface area contributed by atoms with E-state index in [-0.39, 0.29) is 13.0 Å². The van der Waals surface area contributed by atoms with Crippen LogP contribution >= 0.6 is 0 Å². The van der Waals surface area contributed by atoms with Crippen molar-refractivity contribution in [2.45, 2.75) is 51.5 Å². The van der Waals surface area contributed by atoms with Crippen LogP contribution in [0.3, 0.4) is 0 Å². The van der Waals surface area contributed by atoms with Crippen molar-refractivity contribution in [1.29, 1.82) is 0 Å². The molecule has 1 rings (SSSR count). The number of hydrogen-bond acceptors (Lipinski definition) is 3. The maximum atomic E-state index is 11.6. The quantitative estimate of drug-likeness (QED) is 0.567. The summed E-state index contributed by atoms with van der Waals surface area (Å²) in [5.41, 5.74) is 0. The molecule has 1 aliphatic rings. The third-order valence-electron chi connectivity index (χ3n) is 4.12. The van der Waals surface area contributed by atoms with E-state index in [1.807, 2.05) is 0 Å². The monoisotopic (exact) mass is 286 g/mol. The zero-order valence-electron chi connectivity index (χ0n) is 12.1. The Morgan fingerprint density at radius 3 is 2.30 bits per heavy atom. The van der Waals surface area contributed by atoms with Crippen LogP contribution in [0.1, 0.15) is 45.4 Å². The molecule has 0 aromatic carbocycles. The number of carboxylic acids is 1. The Labute approximate surface area is 119 Å². The van der Waals surface area contributed by atoms with Gasteiger partial charge in [-0.2, -0.15) is 0 Å². The molecule has 6 heteroatoms. The number of aliphatic hydroxyl groups is 1. The Bertz CT molecular complexity index is 314. The fourth-order valence-electron chi connectivity index (χ4n) is 2.68. The van der Waals surface area contributed by atoms with Gasteiger partial charge >= 0.3 is 12.0 Å². The lowest BCUT2D eigenvalue weighted by Crippen LogP contribution is -2.47. The maximum Gasteiger partial charge on any atom is 0.326 e. The first-order valence-corrected chi connectivity index (χ1v) is 7.44. The van der Waals surface area contributed by atoms with E-state index in [0.717, 1.165) is 18.8 Å². The summed E-state index contributed by atoms with van der Waals surface area (Å²) < 4.78 is 0. The predicted molar refractivity (Wildman–Crippen MR) is 75.4 cm³/mol. The molecule has 1 unspecified atom stereocenters. The predicted octanol–water partition coefficient (Wildman–Crippen LogP) is 1.34. The van der Waals surface area contributed by atoms with Crippen molar-refractivity contribution < 1.29 is 19.8 Å². The summed E-state index contributed by atoms with van der Waals surface area (Å²) in [5.74, 6) is 0.184. The fraction of sp³-hybridized carbons (Fsp3) is 0.857. The fourth-order valence-corrected chi connectivity index (χ4v) is 2.68. The second-order valence-electron chi connectivity index (χ2n) is 5.55. The minimum atomic E-state index is -1.13. The molecule has 2 amide bonds. The third-order valence-corrected chi connectivity index (χ3v) is 4.12. The van der Waals surface area contributed by atoms with Gasteiger partial charge in [-0.25, -0.2) is 9.59 Å².